The number of thiophene rings is 1. The third kappa shape index (κ3) is 1.91. The summed E-state index contributed by atoms with van der Waals surface area (Å²) in [4.78, 5) is 18.8. The smallest absolute Gasteiger partial charge is 0.270 e. The molecule has 0 spiro atoms. The van der Waals surface area contributed by atoms with Crippen LogP contribution in [0.1, 0.15) is 33.9 Å². The minimum absolute atomic E-state index is 0.0741. The molecule has 94 valence electrons. The van der Waals surface area contributed by atoms with Crippen molar-refractivity contribution in [2.24, 2.45) is 0 Å². The van der Waals surface area contributed by atoms with E-state index in [0.717, 1.165) is 17.4 Å². The highest BCUT2D eigenvalue weighted by atomic mass is 79.9. The number of H-pyrrole nitrogens is 1. The molecular weight excluding hydrogens is 312 g/mol. The topological polar surface area (TPSA) is 36.1 Å². The molecule has 1 aliphatic rings. The summed E-state index contributed by atoms with van der Waals surface area (Å²) in [5, 5.41) is 2.11. The highest BCUT2D eigenvalue weighted by Crippen LogP contribution is 2.33. The van der Waals surface area contributed by atoms with Crippen LogP contribution in [0.3, 0.4) is 0 Å². The lowest BCUT2D eigenvalue weighted by Gasteiger charge is -2.33. The Balaban J connectivity index is 1.88. The van der Waals surface area contributed by atoms with Gasteiger partial charge < -0.3 is 9.88 Å². The number of hydrogen-bond acceptors (Lipinski definition) is 2. The first-order valence-electron chi connectivity index (χ1n) is 5.88. The summed E-state index contributed by atoms with van der Waals surface area (Å²) in [5.74, 6) is 0.0741. The fourth-order valence-electron chi connectivity index (χ4n) is 2.43. The monoisotopic (exact) mass is 324 g/mol. The highest BCUT2D eigenvalue weighted by molar-refractivity contribution is 9.10. The summed E-state index contributed by atoms with van der Waals surface area (Å²) in [6.07, 6.45) is 2.75. The molecule has 3 heterocycles. The van der Waals surface area contributed by atoms with Crippen molar-refractivity contribution in [3.8, 4) is 0 Å². The Hall–Kier alpha value is -1.07. The van der Waals surface area contributed by atoms with Crippen LogP contribution in [0.25, 0.3) is 0 Å². The summed E-state index contributed by atoms with van der Waals surface area (Å²) < 4.78 is 0.909. The van der Waals surface area contributed by atoms with Crippen molar-refractivity contribution >= 4 is 33.2 Å². The van der Waals surface area contributed by atoms with Crippen LogP contribution in [0.2, 0.25) is 0 Å². The number of carbonyl (C=O) groups is 1. The summed E-state index contributed by atoms with van der Waals surface area (Å²) in [7, 11) is 0. The maximum atomic E-state index is 12.4. The molecular formula is C13H13BrN2OS. The van der Waals surface area contributed by atoms with Crippen LogP contribution in [-0.2, 0) is 6.42 Å². The lowest BCUT2D eigenvalue weighted by molar-refractivity contribution is 0.0674. The van der Waals surface area contributed by atoms with E-state index in [2.05, 4.69) is 39.3 Å². The zero-order chi connectivity index (χ0) is 12.7. The van der Waals surface area contributed by atoms with Gasteiger partial charge in [0, 0.05) is 22.1 Å². The molecule has 1 N–H and O–H groups in total. The van der Waals surface area contributed by atoms with Crippen LogP contribution < -0.4 is 0 Å². The number of hydrogen-bond donors (Lipinski definition) is 1. The maximum absolute atomic E-state index is 12.4. The van der Waals surface area contributed by atoms with Crippen molar-refractivity contribution < 1.29 is 4.79 Å². The van der Waals surface area contributed by atoms with Gasteiger partial charge >= 0.3 is 0 Å². The molecule has 0 aliphatic carbocycles. The van der Waals surface area contributed by atoms with E-state index in [1.807, 2.05) is 11.0 Å². The maximum Gasteiger partial charge on any atom is 0.270 e. The number of nitrogens with zero attached hydrogens (tertiary/aromatic N) is 1. The second-order valence-electron chi connectivity index (χ2n) is 4.46. The average Bonchev–Trinajstić information content (AvgIpc) is 2.97. The highest BCUT2D eigenvalue weighted by Gasteiger charge is 2.29. The van der Waals surface area contributed by atoms with Gasteiger partial charge in [0.1, 0.15) is 5.69 Å². The van der Waals surface area contributed by atoms with Crippen molar-refractivity contribution in [3.63, 3.8) is 0 Å². The lowest BCUT2D eigenvalue weighted by Crippen LogP contribution is -2.38. The van der Waals surface area contributed by atoms with Gasteiger partial charge in [-0.25, -0.2) is 0 Å². The molecule has 1 aliphatic heterocycles. The third-order valence-corrected chi connectivity index (χ3v) is 4.87. The van der Waals surface area contributed by atoms with Crippen molar-refractivity contribution in [3.05, 3.63) is 44.3 Å². The summed E-state index contributed by atoms with van der Waals surface area (Å²) in [6, 6.07) is 4.13. The van der Waals surface area contributed by atoms with Gasteiger partial charge in [-0.1, -0.05) is 0 Å². The van der Waals surface area contributed by atoms with E-state index in [1.165, 1.54) is 10.4 Å². The fourth-order valence-corrected chi connectivity index (χ4v) is 3.74. The van der Waals surface area contributed by atoms with Crippen LogP contribution in [0.4, 0.5) is 0 Å². The van der Waals surface area contributed by atoms with Crippen LogP contribution in [0.15, 0.2) is 28.2 Å². The van der Waals surface area contributed by atoms with E-state index in [4.69, 9.17) is 0 Å². The predicted octanol–water partition coefficient (Wildman–Crippen LogP) is 3.60. The second-order valence-corrected chi connectivity index (χ2v) is 6.37. The Bertz CT molecular complexity index is 589. The minimum atomic E-state index is 0.0741. The van der Waals surface area contributed by atoms with Gasteiger partial charge in [-0.2, -0.15) is 0 Å². The molecule has 0 aromatic carbocycles. The number of fused-ring (bicyclic) bond motifs is 1. The number of amides is 1. The number of halogens is 1. The fraction of sp³-hybridized carbons (Fsp3) is 0.308. The first kappa shape index (κ1) is 12.0. The third-order valence-electron chi connectivity index (χ3n) is 3.42. The normalized spacial score (nSPS) is 18.8. The number of aromatic amines is 1. The molecule has 0 fully saturated rings. The van der Waals surface area contributed by atoms with E-state index in [9.17, 15) is 4.79 Å². The number of carbonyl (C=O) groups excluding carboxylic acids is 1. The molecule has 0 radical (unpaired) electrons. The molecule has 1 amide bonds. The molecule has 0 unspecified atom stereocenters. The summed E-state index contributed by atoms with van der Waals surface area (Å²) >= 11 is 5.15. The van der Waals surface area contributed by atoms with Crippen LogP contribution in [0.5, 0.6) is 0 Å². The van der Waals surface area contributed by atoms with Gasteiger partial charge in [-0.15, -0.1) is 11.3 Å². The molecule has 0 saturated carbocycles. The molecule has 18 heavy (non-hydrogen) atoms. The van der Waals surface area contributed by atoms with Crippen molar-refractivity contribution in [2.45, 2.75) is 19.4 Å². The van der Waals surface area contributed by atoms with Gasteiger partial charge in [-0.3, -0.25) is 4.79 Å². The Morgan fingerprint density at radius 2 is 2.44 bits per heavy atom. The number of rotatable bonds is 1. The molecule has 1 atom stereocenters. The van der Waals surface area contributed by atoms with Gasteiger partial charge in [-0.05, 0) is 52.4 Å². The molecule has 0 saturated heterocycles. The Morgan fingerprint density at radius 1 is 1.61 bits per heavy atom. The van der Waals surface area contributed by atoms with Gasteiger partial charge in [0.15, 0.2) is 0 Å². The largest absolute Gasteiger partial charge is 0.356 e. The first-order valence-corrected chi connectivity index (χ1v) is 7.55. The molecule has 3 nitrogen and oxygen atoms in total. The van der Waals surface area contributed by atoms with E-state index in [1.54, 1.807) is 17.5 Å². The van der Waals surface area contributed by atoms with E-state index in [0.29, 0.717) is 5.69 Å². The molecule has 0 bridgehead atoms. The SMILES string of the molecule is C[C@H]1c2ccsc2CCN1C(=O)c1cc(Br)c[nH]1. The number of nitrogens with one attached hydrogen (secondary N) is 1. The van der Waals surface area contributed by atoms with E-state index < -0.39 is 0 Å². The standard InChI is InChI=1S/C13H13BrN2OS/c1-8-10-3-5-18-12(10)2-4-16(8)13(17)11-6-9(14)7-15-11/h3,5-8,15H,2,4H2,1H3/t8-/m0/s1. The van der Waals surface area contributed by atoms with Crippen LogP contribution >= 0.6 is 27.3 Å². The minimum Gasteiger partial charge on any atom is -0.356 e. The molecule has 5 heteroatoms. The second kappa shape index (κ2) is 4.55. The Labute approximate surface area is 118 Å². The van der Waals surface area contributed by atoms with Crippen LogP contribution in [-0.4, -0.2) is 22.3 Å². The zero-order valence-corrected chi connectivity index (χ0v) is 12.3. The average molecular weight is 325 g/mol. The molecule has 2 aromatic rings. The van der Waals surface area contributed by atoms with E-state index in [-0.39, 0.29) is 11.9 Å². The van der Waals surface area contributed by atoms with Gasteiger partial charge in [0.2, 0.25) is 0 Å². The summed E-state index contributed by atoms with van der Waals surface area (Å²) in [5.41, 5.74) is 1.94. The molecule has 2 aromatic heterocycles. The van der Waals surface area contributed by atoms with Gasteiger partial charge in [0.25, 0.3) is 5.91 Å². The van der Waals surface area contributed by atoms with Crippen molar-refractivity contribution in [1.29, 1.82) is 0 Å². The summed E-state index contributed by atoms with van der Waals surface area (Å²) in [6.45, 7) is 2.89. The van der Waals surface area contributed by atoms with E-state index >= 15 is 0 Å². The van der Waals surface area contributed by atoms with Gasteiger partial charge in [0.05, 0.1) is 6.04 Å². The predicted molar refractivity (Wildman–Crippen MR) is 76.0 cm³/mol. The van der Waals surface area contributed by atoms with Crippen molar-refractivity contribution in [2.75, 3.05) is 6.54 Å². The lowest BCUT2D eigenvalue weighted by atomic mass is 10.0. The zero-order valence-electron chi connectivity index (χ0n) is 9.94. The molecule has 3 rings (SSSR count). The van der Waals surface area contributed by atoms with Crippen molar-refractivity contribution in [1.82, 2.24) is 9.88 Å². The quantitative estimate of drug-likeness (QED) is 0.854. The first-order chi connectivity index (χ1) is 8.66. The Kier molecular flexibility index (Phi) is 3.03. The Morgan fingerprint density at radius 3 is 3.17 bits per heavy atom. The van der Waals surface area contributed by atoms with Crippen LogP contribution in [0, 0.1) is 0 Å². The number of aromatic nitrogens is 1.